The molecule has 1 amide bonds. The largest absolute Gasteiger partial charge is 0.347 e. The quantitative estimate of drug-likeness (QED) is 0.314. The van der Waals surface area contributed by atoms with Gasteiger partial charge in [0.05, 0.1) is 5.75 Å². The van der Waals surface area contributed by atoms with E-state index in [-0.39, 0.29) is 11.7 Å². The van der Waals surface area contributed by atoms with Crippen molar-refractivity contribution in [3.63, 3.8) is 0 Å². The molecule has 0 aliphatic carbocycles. The molecule has 2 aromatic heterocycles. The van der Waals surface area contributed by atoms with E-state index in [1.165, 1.54) is 23.7 Å². The van der Waals surface area contributed by atoms with Crippen LogP contribution in [0.25, 0.3) is 10.3 Å². The molecule has 2 aromatic carbocycles. The smallest absolute Gasteiger partial charge is 0.234 e. The number of fused-ring (bicyclic) bond motifs is 1. The maximum atomic E-state index is 12.5. The van der Waals surface area contributed by atoms with Gasteiger partial charge in [-0.15, -0.1) is 0 Å². The Morgan fingerprint density at radius 2 is 1.84 bits per heavy atom. The maximum absolute atomic E-state index is 12.5. The second-order valence-corrected chi connectivity index (χ2v) is 9.32. The van der Waals surface area contributed by atoms with Gasteiger partial charge in [0, 0.05) is 19.3 Å². The highest BCUT2D eigenvalue weighted by Gasteiger charge is 2.15. The van der Waals surface area contributed by atoms with E-state index in [0.29, 0.717) is 5.65 Å². The molecular weight excluding hydrogens is 426 g/mol. The average Bonchev–Trinajstić information content (AvgIpc) is 3.17. The van der Waals surface area contributed by atoms with E-state index in [4.69, 9.17) is 0 Å². The van der Waals surface area contributed by atoms with Gasteiger partial charge >= 0.3 is 0 Å². The normalized spacial score (nSPS) is 10.9. The van der Waals surface area contributed by atoms with Crippen molar-refractivity contribution in [3.8, 4) is 0 Å². The van der Waals surface area contributed by atoms with Crippen molar-refractivity contribution in [1.82, 2.24) is 15.0 Å². The van der Waals surface area contributed by atoms with Crippen LogP contribution in [0.5, 0.6) is 0 Å². The lowest BCUT2D eigenvalue weighted by Gasteiger charge is -2.15. The summed E-state index contributed by atoms with van der Waals surface area (Å²) in [6.45, 7) is 4.80. The maximum Gasteiger partial charge on any atom is 0.234 e. The van der Waals surface area contributed by atoms with E-state index < -0.39 is 0 Å². The summed E-state index contributed by atoms with van der Waals surface area (Å²) in [6, 6.07) is 16.3. The number of hydrogen-bond donors (Lipinski definition) is 1. The molecule has 0 unspecified atom stereocenters. The zero-order chi connectivity index (χ0) is 21.8. The van der Waals surface area contributed by atoms with Crippen molar-refractivity contribution in [1.29, 1.82) is 0 Å². The van der Waals surface area contributed by atoms with E-state index in [1.807, 2.05) is 51.2 Å². The lowest BCUT2D eigenvalue weighted by Crippen LogP contribution is -2.15. The third-order valence-electron chi connectivity index (χ3n) is 4.58. The van der Waals surface area contributed by atoms with E-state index in [2.05, 4.69) is 43.4 Å². The molecule has 0 atom stereocenters. The van der Waals surface area contributed by atoms with Crippen LogP contribution in [0, 0.1) is 13.8 Å². The van der Waals surface area contributed by atoms with Gasteiger partial charge in [-0.2, -0.15) is 4.98 Å². The van der Waals surface area contributed by atoms with E-state index in [1.54, 1.807) is 11.3 Å². The molecule has 0 radical (unpaired) electrons. The first-order chi connectivity index (χ1) is 15.0. The Hall–Kier alpha value is -2.97. The standard InChI is InChI=1S/C23H23N5OS2/c1-15-9-16(2)11-18(10-15)26-19(29)13-30-22-20-21(24-14-25-22)27-23(31-20)28(3)12-17-7-5-4-6-8-17/h4-11,14H,12-13H2,1-3H3,(H,26,29). The lowest BCUT2D eigenvalue weighted by molar-refractivity contribution is -0.113. The minimum Gasteiger partial charge on any atom is -0.347 e. The number of rotatable bonds is 7. The lowest BCUT2D eigenvalue weighted by atomic mass is 10.1. The number of nitrogens with zero attached hydrogens (tertiary/aromatic N) is 4. The number of nitrogens with one attached hydrogen (secondary N) is 1. The van der Waals surface area contributed by atoms with Crippen LogP contribution in [-0.2, 0) is 11.3 Å². The molecule has 4 aromatic rings. The van der Waals surface area contributed by atoms with Crippen LogP contribution in [-0.4, -0.2) is 33.7 Å². The predicted molar refractivity (Wildman–Crippen MR) is 129 cm³/mol. The Morgan fingerprint density at radius 3 is 2.58 bits per heavy atom. The molecule has 1 N–H and O–H groups in total. The number of thiazole rings is 1. The van der Waals surface area contributed by atoms with Gasteiger partial charge in [-0.05, 0) is 42.7 Å². The van der Waals surface area contributed by atoms with Crippen molar-refractivity contribution in [2.24, 2.45) is 0 Å². The van der Waals surface area contributed by atoms with E-state index in [0.717, 1.165) is 38.2 Å². The van der Waals surface area contributed by atoms with Crippen LogP contribution in [0.4, 0.5) is 10.8 Å². The summed E-state index contributed by atoms with van der Waals surface area (Å²) >= 11 is 2.95. The molecule has 0 aliphatic rings. The Balaban J connectivity index is 1.45. The highest BCUT2D eigenvalue weighted by Crippen LogP contribution is 2.33. The predicted octanol–water partition coefficient (Wildman–Crippen LogP) is 5.07. The Bertz CT molecular complexity index is 1190. The molecule has 31 heavy (non-hydrogen) atoms. The first-order valence-electron chi connectivity index (χ1n) is 9.85. The van der Waals surface area contributed by atoms with Crippen LogP contribution in [0.2, 0.25) is 0 Å². The van der Waals surface area contributed by atoms with Crippen molar-refractivity contribution >= 4 is 50.2 Å². The second-order valence-electron chi connectivity index (χ2n) is 7.38. The topological polar surface area (TPSA) is 71.0 Å². The van der Waals surface area contributed by atoms with Crippen LogP contribution in [0.15, 0.2) is 59.9 Å². The number of carbonyl (C=O) groups excluding carboxylic acids is 1. The molecule has 0 fully saturated rings. The second kappa shape index (κ2) is 9.45. The van der Waals surface area contributed by atoms with Crippen molar-refractivity contribution in [2.45, 2.75) is 25.4 Å². The van der Waals surface area contributed by atoms with Gasteiger partial charge in [-0.3, -0.25) is 4.79 Å². The van der Waals surface area contributed by atoms with Crippen LogP contribution in [0.3, 0.4) is 0 Å². The monoisotopic (exact) mass is 449 g/mol. The van der Waals surface area contributed by atoms with Gasteiger partial charge < -0.3 is 10.2 Å². The minimum absolute atomic E-state index is 0.0623. The number of anilines is 2. The third kappa shape index (κ3) is 5.39. The highest BCUT2D eigenvalue weighted by molar-refractivity contribution is 8.00. The number of amides is 1. The van der Waals surface area contributed by atoms with Crippen molar-refractivity contribution in [2.75, 3.05) is 23.0 Å². The molecule has 8 heteroatoms. The van der Waals surface area contributed by atoms with Crippen molar-refractivity contribution in [3.05, 3.63) is 71.5 Å². The number of benzene rings is 2. The fourth-order valence-corrected chi connectivity index (χ4v) is 5.14. The summed E-state index contributed by atoms with van der Waals surface area (Å²) < 4.78 is 0.904. The number of hydrogen-bond acceptors (Lipinski definition) is 7. The fraction of sp³-hybridized carbons (Fsp3) is 0.217. The van der Waals surface area contributed by atoms with Crippen LogP contribution in [0.1, 0.15) is 16.7 Å². The fourth-order valence-electron chi connectivity index (χ4n) is 3.29. The van der Waals surface area contributed by atoms with Gasteiger partial charge in [-0.25, -0.2) is 9.97 Å². The van der Waals surface area contributed by atoms with Crippen molar-refractivity contribution < 1.29 is 4.79 Å². The SMILES string of the molecule is Cc1cc(C)cc(NC(=O)CSc2ncnc3nc(N(C)Cc4ccccc4)sc23)c1. The minimum atomic E-state index is -0.0623. The van der Waals surface area contributed by atoms with Crippen LogP contribution < -0.4 is 10.2 Å². The highest BCUT2D eigenvalue weighted by atomic mass is 32.2. The third-order valence-corrected chi connectivity index (χ3v) is 6.87. The first-order valence-corrected chi connectivity index (χ1v) is 11.7. The van der Waals surface area contributed by atoms with E-state index >= 15 is 0 Å². The Kier molecular flexibility index (Phi) is 6.48. The Labute approximate surface area is 189 Å². The van der Waals surface area contributed by atoms with Gasteiger partial charge in [0.25, 0.3) is 0 Å². The number of carbonyl (C=O) groups is 1. The van der Waals surface area contributed by atoms with Crippen LogP contribution >= 0.6 is 23.1 Å². The number of aryl methyl sites for hydroxylation is 2. The summed E-state index contributed by atoms with van der Waals surface area (Å²) in [4.78, 5) is 27.9. The zero-order valence-electron chi connectivity index (χ0n) is 17.6. The summed E-state index contributed by atoms with van der Waals surface area (Å²) in [5.41, 5.74) is 4.94. The first kappa shape index (κ1) is 21.3. The summed E-state index contributed by atoms with van der Waals surface area (Å²) in [7, 11) is 2.02. The van der Waals surface area contributed by atoms with Gasteiger partial charge in [0.15, 0.2) is 10.8 Å². The molecule has 0 spiro atoms. The van der Waals surface area contributed by atoms with Gasteiger partial charge in [-0.1, -0.05) is 59.5 Å². The molecule has 0 aliphatic heterocycles. The molecule has 6 nitrogen and oxygen atoms in total. The molecule has 0 saturated carbocycles. The molecule has 2 heterocycles. The summed E-state index contributed by atoms with van der Waals surface area (Å²) in [5, 5.41) is 4.62. The number of aromatic nitrogens is 3. The number of thioether (sulfide) groups is 1. The Morgan fingerprint density at radius 1 is 1.10 bits per heavy atom. The average molecular weight is 450 g/mol. The molecule has 158 valence electrons. The molecule has 0 bridgehead atoms. The summed E-state index contributed by atoms with van der Waals surface area (Å²) in [6.07, 6.45) is 1.51. The van der Waals surface area contributed by atoms with E-state index in [9.17, 15) is 4.79 Å². The molecule has 0 saturated heterocycles. The molecule has 4 rings (SSSR count). The molecular formula is C23H23N5OS2. The van der Waals surface area contributed by atoms with Gasteiger partial charge in [0.2, 0.25) is 5.91 Å². The summed E-state index contributed by atoms with van der Waals surface area (Å²) in [5.74, 6) is 0.208. The zero-order valence-corrected chi connectivity index (χ0v) is 19.3. The van der Waals surface area contributed by atoms with Gasteiger partial charge in [0.1, 0.15) is 16.1 Å².